The van der Waals surface area contributed by atoms with Crippen LogP contribution in [-0.2, 0) is 0 Å². The number of ketones is 1. The van der Waals surface area contributed by atoms with Crippen LogP contribution in [0.25, 0.3) is 0 Å². The summed E-state index contributed by atoms with van der Waals surface area (Å²) in [4.78, 5) is 21.8. The minimum atomic E-state index is -0.874. The van der Waals surface area contributed by atoms with Gasteiger partial charge in [-0.3, -0.25) is 14.9 Å². The van der Waals surface area contributed by atoms with E-state index in [4.69, 9.17) is 4.74 Å². The van der Waals surface area contributed by atoms with Gasteiger partial charge in [0.25, 0.3) is 5.69 Å². The van der Waals surface area contributed by atoms with E-state index in [1.165, 1.54) is 49.4 Å². The van der Waals surface area contributed by atoms with Crippen molar-refractivity contribution in [2.24, 2.45) is 0 Å². The van der Waals surface area contributed by atoms with E-state index in [-0.39, 0.29) is 30.2 Å². The van der Waals surface area contributed by atoms with Crippen LogP contribution in [0.1, 0.15) is 17.3 Å². The number of nitrogens with one attached hydrogen (secondary N) is 1. The average molecular weight is 348 g/mol. The maximum Gasteiger partial charge on any atom is 0.280 e. The highest BCUT2D eigenvalue weighted by Gasteiger charge is 2.17. The van der Waals surface area contributed by atoms with Crippen molar-refractivity contribution in [1.29, 1.82) is 0 Å². The largest absolute Gasteiger partial charge is 0.491 e. The molecule has 1 unspecified atom stereocenters. The number of hydrogen-bond acceptors (Lipinski definition) is 6. The van der Waals surface area contributed by atoms with Crippen molar-refractivity contribution in [1.82, 2.24) is 0 Å². The number of hydrogen-bond donors (Lipinski definition) is 2. The van der Waals surface area contributed by atoms with Gasteiger partial charge in [0.15, 0.2) is 5.78 Å². The number of benzene rings is 2. The van der Waals surface area contributed by atoms with E-state index in [2.05, 4.69) is 5.32 Å². The third kappa shape index (κ3) is 5.25. The molecule has 25 heavy (non-hydrogen) atoms. The molecule has 8 heteroatoms. The summed E-state index contributed by atoms with van der Waals surface area (Å²) >= 11 is 0. The smallest absolute Gasteiger partial charge is 0.280 e. The number of nitrogens with zero attached hydrogens (tertiary/aromatic N) is 1. The predicted molar refractivity (Wildman–Crippen MR) is 89.5 cm³/mol. The fourth-order valence-electron chi connectivity index (χ4n) is 2.11. The summed E-state index contributed by atoms with van der Waals surface area (Å²) < 4.78 is 18.1. The fourth-order valence-corrected chi connectivity index (χ4v) is 2.11. The van der Waals surface area contributed by atoms with Crippen molar-refractivity contribution in [3.05, 3.63) is 64.0 Å². The number of ether oxygens (including phenoxy) is 1. The molecule has 0 aliphatic rings. The maximum absolute atomic E-state index is 12.8. The number of nitro benzene ring substituents is 1. The maximum atomic E-state index is 12.8. The first-order chi connectivity index (χ1) is 11.9. The van der Waals surface area contributed by atoms with E-state index in [0.717, 1.165) is 0 Å². The normalized spacial score (nSPS) is 11.6. The van der Waals surface area contributed by atoms with Crippen molar-refractivity contribution in [2.75, 3.05) is 18.5 Å². The predicted octanol–water partition coefficient (Wildman–Crippen LogP) is 2.79. The molecule has 2 aromatic carbocycles. The summed E-state index contributed by atoms with van der Waals surface area (Å²) in [5, 5.41) is 23.7. The number of aliphatic hydroxyl groups is 1. The van der Waals surface area contributed by atoms with Gasteiger partial charge in [0.1, 0.15) is 24.3 Å². The first-order valence-electron chi connectivity index (χ1n) is 7.46. The standard InChI is InChI=1S/C17H17FN2O5/c1-11(21)16-8-13(4-7-17(16)20(23)24)19-9-14(22)10-25-15-5-2-12(18)3-6-15/h2-8,14,19,22H,9-10H2,1H3. The zero-order valence-corrected chi connectivity index (χ0v) is 13.4. The minimum absolute atomic E-state index is 0.00736. The number of anilines is 1. The van der Waals surface area contributed by atoms with Gasteiger partial charge in [0.2, 0.25) is 0 Å². The number of carbonyl (C=O) groups excluding carboxylic acids is 1. The summed E-state index contributed by atoms with van der Waals surface area (Å²) in [5.74, 6) is -0.376. The molecule has 0 aromatic heterocycles. The molecule has 0 saturated heterocycles. The van der Waals surface area contributed by atoms with Crippen LogP contribution in [0, 0.1) is 15.9 Å². The number of carbonyl (C=O) groups is 1. The van der Waals surface area contributed by atoms with Crippen molar-refractivity contribution in [2.45, 2.75) is 13.0 Å². The topological polar surface area (TPSA) is 102 Å². The number of halogens is 1. The molecule has 0 spiro atoms. The van der Waals surface area contributed by atoms with Crippen LogP contribution in [0.4, 0.5) is 15.8 Å². The third-order valence-corrected chi connectivity index (χ3v) is 3.37. The number of nitro groups is 1. The van der Waals surface area contributed by atoms with Gasteiger partial charge >= 0.3 is 0 Å². The van der Waals surface area contributed by atoms with Crippen LogP contribution in [0.15, 0.2) is 42.5 Å². The molecule has 2 rings (SSSR count). The average Bonchev–Trinajstić information content (AvgIpc) is 2.59. The van der Waals surface area contributed by atoms with Crippen LogP contribution < -0.4 is 10.1 Å². The Balaban J connectivity index is 1.91. The zero-order chi connectivity index (χ0) is 18.4. The summed E-state index contributed by atoms with van der Waals surface area (Å²) in [5.41, 5.74) is 0.196. The number of Topliss-reactive ketones (excluding diaryl/α,β-unsaturated/α-hetero) is 1. The van der Waals surface area contributed by atoms with Gasteiger partial charge in [-0.25, -0.2) is 4.39 Å². The minimum Gasteiger partial charge on any atom is -0.491 e. The highest BCUT2D eigenvalue weighted by molar-refractivity contribution is 5.99. The quantitative estimate of drug-likeness (QED) is 0.432. The Morgan fingerprint density at radius 1 is 1.32 bits per heavy atom. The van der Waals surface area contributed by atoms with Gasteiger partial charge in [0.05, 0.1) is 10.5 Å². The molecule has 7 nitrogen and oxygen atoms in total. The molecule has 132 valence electrons. The van der Waals surface area contributed by atoms with Crippen LogP contribution in [0.3, 0.4) is 0 Å². The van der Waals surface area contributed by atoms with Gasteiger partial charge in [-0.15, -0.1) is 0 Å². The lowest BCUT2D eigenvalue weighted by Gasteiger charge is -2.14. The molecule has 0 bridgehead atoms. The second-order valence-corrected chi connectivity index (χ2v) is 5.34. The summed E-state index contributed by atoms with van der Waals surface area (Å²) in [6, 6.07) is 9.46. The van der Waals surface area contributed by atoms with Crippen molar-refractivity contribution >= 4 is 17.2 Å². The first kappa shape index (κ1) is 18.3. The Bertz CT molecular complexity index is 764. The van der Waals surface area contributed by atoms with Crippen LogP contribution >= 0.6 is 0 Å². The molecule has 0 radical (unpaired) electrons. The fraction of sp³-hybridized carbons (Fsp3) is 0.235. The number of aliphatic hydroxyl groups excluding tert-OH is 1. The Morgan fingerprint density at radius 2 is 2.00 bits per heavy atom. The molecule has 0 aliphatic carbocycles. The van der Waals surface area contributed by atoms with Crippen LogP contribution in [0.5, 0.6) is 5.75 Å². The van der Waals surface area contributed by atoms with Crippen LogP contribution in [-0.4, -0.2) is 35.1 Å². The molecular weight excluding hydrogens is 331 g/mol. The summed E-state index contributed by atoms with van der Waals surface area (Å²) in [7, 11) is 0. The van der Waals surface area contributed by atoms with E-state index in [1.54, 1.807) is 0 Å². The van der Waals surface area contributed by atoms with Gasteiger partial charge in [-0.2, -0.15) is 0 Å². The van der Waals surface area contributed by atoms with Gasteiger partial charge < -0.3 is 15.2 Å². The molecule has 0 aliphatic heterocycles. The third-order valence-electron chi connectivity index (χ3n) is 3.37. The highest BCUT2D eigenvalue weighted by Crippen LogP contribution is 2.23. The van der Waals surface area contributed by atoms with E-state index in [1.807, 2.05) is 0 Å². The molecule has 0 fully saturated rings. The van der Waals surface area contributed by atoms with E-state index < -0.39 is 16.8 Å². The molecule has 2 N–H and O–H groups in total. The second-order valence-electron chi connectivity index (χ2n) is 5.34. The van der Waals surface area contributed by atoms with Gasteiger partial charge in [0, 0.05) is 18.3 Å². The van der Waals surface area contributed by atoms with E-state index in [0.29, 0.717) is 11.4 Å². The second kappa shape index (κ2) is 8.20. The summed E-state index contributed by atoms with van der Waals surface area (Å²) in [6.07, 6.45) is -0.874. The Kier molecular flexibility index (Phi) is 6.02. The molecule has 2 aromatic rings. The lowest BCUT2D eigenvalue weighted by molar-refractivity contribution is -0.385. The van der Waals surface area contributed by atoms with Crippen LogP contribution in [0.2, 0.25) is 0 Å². The molecule has 1 atom stereocenters. The Hall–Kier alpha value is -3.00. The SMILES string of the molecule is CC(=O)c1cc(NCC(O)COc2ccc(F)cc2)ccc1[N+](=O)[O-]. The zero-order valence-electron chi connectivity index (χ0n) is 13.4. The lowest BCUT2D eigenvalue weighted by Crippen LogP contribution is -2.26. The Labute approximate surface area is 143 Å². The van der Waals surface area contributed by atoms with Crippen molar-refractivity contribution in [3.63, 3.8) is 0 Å². The monoisotopic (exact) mass is 348 g/mol. The molecule has 0 heterocycles. The molecule has 0 amide bonds. The first-order valence-corrected chi connectivity index (χ1v) is 7.46. The number of rotatable bonds is 8. The summed E-state index contributed by atoms with van der Waals surface area (Å²) in [6.45, 7) is 1.33. The van der Waals surface area contributed by atoms with Crippen molar-refractivity contribution < 1.29 is 24.0 Å². The Morgan fingerprint density at radius 3 is 2.60 bits per heavy atom. The van der Waals surface area contributed by atoms with Gasteiger partial charge in [-0.1, -0.05) is 0 Å². The lowest BCUT2D eigenvalue weighted by atomic mass is 10.1. The molecular formula is C17H17FN2O5. The highest BCUT2D eigenvalue weighted by atomic mass is 19.1. The van der Waals surface area contributed by atoms with Crippen molar-refractivity contribution in [3.8, 4) is 5.75 Å². The molecule has 0 saturated carbocycles. The van der Waals surface area contributed by atoms with Gasteiger partial charge in [-0.05, 0) is 43.3 Å². The van der Waals surface area contributed by atoms with E-state index >= 15 is 0 Å². The van der Waals surface area contributed by atoms with E-state index in [9.17, 15) is 24.4 Å².